The van der Waals surface area contributed by atoms with E-state index in [-0.39, 0.29) is 18.4 Å². The van der Waals surface area contributed by atoms with E-state index in [2.05, 4.69) is 10.3 Å². The van der Waals surface area contributed by atoms with Gasteiger partial charge in [-0.25, -0.2) is 0 Å². The van der Waals surface area contributed by atoms with E-state index < -0.39 is 0 Å². The lowest BCUT2D eigenvalue weighted by Gasteiger charge is -2.20. The van der Waals surface area contributed by atoms with Crippen molar-refractivity contribution in [1.29, 1.82) is 0 Å². The number of ether oxygens (including phenoxy) is 3. The molecule has 5 nitrogen and oxygen atoms in total. The van der Waals surface area contributed by atoms with E-state index in [0.29, 0.717) is 13.2 Å². The first-order chi connectivity index (χ1) is 9.19. The highest BCUT2D eigenvalue weighted by Crippen LogP contribution is 2.24. The van der Waals surface area contributed by atoms with Gasteiger partial charge in [0.15, 0.2) is 6.29 Å². The molecule has 2 heterocycles. The average Bonchev–Trinajstić information content (AvgIpc) is 2.88. The van der Waals surface area contributed by atoms with Gasteiger partial charge in [-0.1, -0.05) is 0 Å². The summed E-state index contributed by atoms with van der Waals surface area (Å²) in [6, 6.07) is 2.16. The Kier molecular flexibility index (Phi) is 5.13. The average molecular weight is 266 g/mol. The van der Waals surface area contributed by atoms with Crippen LogP contribution in [0.15, 0.2) is 18.5 Å². The zero-order chi connectivity index (χ0) is 13.7. The van der Waals surface area contributed by atoms with Gasteiger partial charge in [0.25, 0.3) is 0 Å². The lowest BCUT2D eigenvalue weighted by atomic mass is 10.1. The zero-order valence-electron chi connectivity index (χ0n) is 11.8. The molecule has 5 heteroatoms. The van der Waals surface area contributed by atoms with Crippen molar-refractivity contribution in [3.63, 3.8) is 0 Å². The molecule has 19 heavy (non-hydrogen) atoms. The minimum atomic E-state index is -0.132. The van der Waals surface area contributed by atoms with Crippen molar-refractivity contribution in [2.45, 2.75) is 38.7 Å². The van der Waals surface area contributed by atoms with E-state index in [1.54, 1.807) is 6.20 Å². The number of hydrogen-bond donors (Lipinski definition) is 1. The summed E-state index contributed by atoms with van der Waals surface area (Å²) in [6.45, 7) is 5.36. The molecule has 1 unspecified atom stereocenters. The first-order valence-electron chi connectivity index (χ1n) is 6.71. The van der Waals surface area contributed by atoms with Gasteiger partial charge in [0.05, 0.1) is 25.5 Å². The van der Waals surface area contributed by atoms with E-state index in [9.17, 15) is 0 Å². The molecule has 0 amide bonds. The molecule has 0 aliphatic carbocycles. The molecule has 2 rings (SSSR count). The van der Waals surface area contributed by atoms with Crippen LogP contribution in [-0.4, -0.2) is 37.6 Å². The Morgan fingerprint density at radius 3 is 2.74 bits per heavy atom. The Hall–Kier alpha value is -1.17. The van der Waals surface area contributed by atoms with Gasteiger partial charge in [0, 0.05) is 18.7 Å². The maximum Gasteiger partial charge on any atom is 0.159 e. The first-order valence-corrected chi connectivity index (χ1v) is 6.71. The van der Waals surface area contributed by atoms with Gasteiger partial charge in [0.2, 0.25) is 0 Å². The largest absolute Gasteiger partial charge is 0.489 e. The van der Waals surface area contributed by atoms with Crippen molar-refractivity contribution in [2.24, 2.45) is 0 Å². The Bertz CT molecular complexity index is 392. The van der Waals surface area contributed by atoms with Crippen LogP contribution in [0.5, 0.6) is 5.75 Å². The highest BCUT2D eigenvalue weighted by atomic mass is 16.7. The van der Waals surface area contributed by atoms with Gasteiger partial charge < -0.3 is 19.5 Å². The maximum atomic E-state index is 5.67. The molecule has 1 fully saturated rings. The van der Waals surface area contributed by atoms with Crippen LogP contribution in [0.25, 0.3) is 0 Å². The number of pyridine rings is 1. The summed E-state index contributed by atoms with van der Waals surface area (Å²) < 4.78 is 16.6. The Balaban J connectivity index is 2.04. The molecule has 1 aliphatic rings. The van der Waals surface area contributed by atoms with E-state index in [1.807, 2.05) is 33.2 Å². The van der Waals surface area contributed by atoms with Gasteiger partial charge >= 0.3 is 0 Å². The minimum absolute atomic E-state index is 0.132. The first kappa shape index (κ1) is 14.2. The summed E-state index contributed by atoms with van der Waals surface area (Å²) in [7, 11) is 1.93. The second kappa shape index (κ2) is 6.84. The summed E-state index contributed by atoms with van der Waals surface area (Å²) >= 11 is 0. The number of nitrogens with zero attached hydrogens (tertiary/aromatic N) is 1. The molecule has 0 spiro atoms. The molecule has 106 valence electrons. The minimum Gasteiger partial charge on any atom is -0.489 e. The lowest BCUT2D eigenvalue weighted by molar-refractivity contribution is -0.0526. The highest BCUT2D eigenvalue weighted by molar-refractivity contribution is 5.26. The number of hydrogen-bond acceptors (Lipinski definition) is 5. The van der Waals surface area contributed by atoms with Crippen LogP contribution < -0.4 is 10.1 Å². The smallest absolute Gasteiger partial charge is 0.159 e. The molecule has 0 radical (unpaired) electrons. The second-order valence-corrected chi connectivity index (χ2v) is 4.87. The predicted molar refractivity (Wildman–Crippen MR) is 72.1 cm³/mol. The van der Waals surface area contributed by atoms with Crippen LogP contribution in [0.4, 0.5) is 0 Å². The van der Waals surface area contributed by atoms with Crippen molar-refractivity contribution in [2.75, 3.05) is 20.3 Å². The second-order valence-electron chi connectivity index (χ2n) is 4.87. The number of aromatic nitrogens is 1. The number of nitrogens with one attached hydrogen (secondary N) is 1. The Morgan fingerprint density at radius 1 is 1.37 bits per heavy atom. The molecule has 1 atom stereocenters. The SMILES string of the molecule is CNC(CC1OCCO1)c1cncc(OC(C)C)c1. The van der Waals surface area contributed by atoms with Crippen LogP contribution >= 0.6 is 0 Å². The predicted octanol–water partition coefficient (Wildman–Crippen LogP) is 1.89. The molecule has 1 aromatic heterocycles. The summed E-state index contributed by atoms with van der Waals surface area (Å²) in [5.74, 6) is 0.793. The Labute approximate surface area is 114 Å². The molecule has 1 saturated heterocycles. The summed E-state index contributed by atoms with van der Waals surface area (Å²) in [5, 5.41) is 3.27. The van der Waals surface area contributed by atoms with Crippen LogP contribution in [0.1, 0.15) is 31.9 Å². The standard InChI is InChI=1S/C14H22N2O3/c1-10(2)19-12-6-11(8-16-9-12)13(15-3)7-14-17-4-5-18-14/h6,8-10,13-15H,4-5,7H2,1-3H3. The zero-order valence-corrected chi connectivity index (χ0v) is 11.8. The third-order valence-corrected chi connectivity index (χ3v) is 2.98. The van der Waals surface area contributed by atoms with E-state index in [0.717, 1.165) is 17.7 Å². The van der Waals surface area contributed by atoms with Crippen molar-refractivity contribution in [3.05, 3.63) is 24.0 Å². The van der Waals surface area contributed by atoms with Crippen molar-refractivity contribution < 1.29 is 14.2 Å². The van der Waals surface area contributed by atoms with Crippen molar-refractivity contribution in [3.8, 4) is 5.75 Å². The van der Waals surface area contributed by atoms with Gasteiger partial charge in [-0.2, -0.15) is 0 Å². The van der Waals surface area contributed by atoms with Gasteiger partial charge in [0.1, 0.15) is 5.75 Å². The topological polar surface area (TPSA) is 52.6 Å². The van der Waals surface area contributed by atoms with Crippen LogP contribution in [0.3, 0.4) is 0 Å². The lowest BCUT2D eigenvalue weighted by Crippen LogP contribution is -2.23. The quantitative estimate of drug-likeness (QED) is 0.852. The third-order valence-electron chi connectivity index (χ3n) is 2.98. The van der Waals surface area contributed by atoms with Crippen molar-refractivity contribution in [1.82, 2.24) is 10.3 Å². The fourth-order valence-electron chi connectivity index (χ4n) is 2.12. The van der Waals surface area contributed by atoms with Crippen LogP contribution in [0.2, 0.25) is 0 Å². The van der Waals surface area contributed by atoms with Gasteiger partial charge in [-0.15, -0.1) is 0 Å². The fourth-order valence-corrected chi connectivity index (χ4v) is 2.12. The molecule has 1 aromatic rings. The normalized spacial score (nSPS) is 17.9. The van der Waals surface area contributed by atoms with Crippen molar-refractivity contribution >= 4 is 0 Å². The van der Waals surface area contributed by atoms with E-state index >= 15 is 0 Å². The monoisotopic (exact) mass is 266 g/mol. The Morgan fingerprint density at radius 2 is 2.11 bits per heavy atom. The molecule has 0 saturated carbocycles. The van der Waals surface area contributed by atoms with E-state index in [1.165, 1.54) is 0 Å². The molecule has 1 N–H and O–H groups in total. The summed E-state index contributed by atoms with van der Waals surface area (Å²) in [6.07, 6.45) is 4.37. The molecular weight excluding hydrogens is 244 g/mol. The molecule has 1 aliphatic heterocycles. The maximum absolute atomic E-state index is 5.67. The van der Waals surface area contributed by atoms with Crippen LogP contribution in [-0.2, 0) is 9.47 Å². The fraction of sp³-hybridized carbons (Fsp3) is 0.643. The van der Waals surface area contributed by atoms with Gasteiger partial charge in [-0.3, -0.25) is 4.98 Å². The summed E-state index contributed by atoms with van der Waals surface area (Å²) in [4.78, 5) is 4.23. The van der Waals surface area contributed by atoms with E-state index in [4.69, 9.17) is 14.2 Å². The van der Waals surface area contributed by atoms with Crippen LogP contribution in [0, 0.1) is 0 Å². The highest BCUT2D eigenvalue weighted by Gasteiger charge is 2.22. The molecule has 0 aromatic carbocycles. The summed E-state index contributed by atoms with van der Waals surface area (Å²) in [5.41, 5.74) is 1.08. The third kappa shape index (κ3) is 4.16. The molecule has 0 bridgehead atoms. The number of rotatable bonds is 6. The van der Waals surface area contributed by atoms with Gasteiger partial charge in [-0.05, 0) is 32.5 Å². The molecular formula is C14H22N2O3.